The Morgan fingerprint density at radius 3 is 2.88 bits per heavy atom. The Kier molecular flexibility index (Phi) is 6.16. The molecule has 0 radical (unpaired) electrons. The summed E-state index contributed by atoms with van der Waals surface area (Å²) in [5, 5.41) is 0.430. The standard InChI is InChI=1S/C19H21ClN2O3S/c1-2-12-7-8-16-13(9-12)10-17(26-16)19(24)22-21-18(23)11-25-15-6-4-3-5-14(15)20/h3-6,10,12H,2,7-9,11H2,1H3,(H,21,23)(H,22,24)/t12-/m0/s1. The van der Waals surface area contributed by atoms with Gasteiger partial charge in [-0.3, -0.25) is 20.4 Å². The van der Waals surface area contributed by atoms with Crippen molar-refractivity contribution in [3.8, 4) is 5.75 Å². The lowest BCUT2D eigenvalue weighted by Gasteiger charge is -2.19. The summed E-state index contributed by atoms with van der Waals surface area (Å²) in [6.45, 7) is 1.97. The average Bonchev–Trinajstić information content (AvgIpc) is 3.08. The molecule has 0 fully saturated rings. The van der Waals surface area contributed by atoms with E-state index in [1.165, 1.54) is 28.2 Å². The van der Waals surface area contributed by atoms with Crippen LogP contribution >= 0.6 is 22.9 Å². The maximum absolute atomic E-state index is 12.3. The average molecular weight is 393 g/mol. The number of hydrazine groups is 1. The van der Waals surface area contributed by atoms with Crippen LogP contribution < -0.4 is 15.6 Å². The van der Waals surface area contributed by atoms with E-state index >= 15 is 0 Å². The van der Waals surface area contributed by atoms with Crippen molar-refractivity contribution in [3.63, 3.8) is 0 Å². The Hall–Kier alpha value is -2.05. The minimum Gasteiger partial charge on any atom is -0.482 e. The van der Waals surface area contributed by atoms with Gasteiger partial charge in [0.2, 0.25) is 0 Å². The number of hydrogen-bond acceptors (Lipinski definition) is 4. The summed E-state index contributed by atoms with van der Waals surface area (Å²) >= 11 is 7.47. The molecule has 2 amide bonds. The van der Waals surface area contributed by atoms with Gasteiger partial charge in [0.15, 0.2) is 6.61 Å². The van der Waals surface area contributed by atoms with E-state index in [0.29, 0.717) is 21.6 Å². The number of rotatable bonds is 5. The number of amides is 2. The van der Waals surface area contributed by atoms with Gasteiger partial charge in [-0.05, 0) is 48.9 Å². The summed E-state index contributed by atoms with van der Waals surface area (Å²) in [4.78, 5) is 26.0. The Bertz CT molecular complexity index is 806. The fraction of sp³-hybridized carbons (Fsp3) is 0.368. The topological polar surface area (TPSA) is 67.4 Å². The van der Waals surface area contributed by atoms with Gasteiger partial charge in [0.1, 0.15) is 5.75 Å². The highest BCUT2D eigenvalue weighted by Crippen LogP contribution is 2.33. The largest absolute Gasteiger partial charge is 0.482 e. The summed E-state index contributed by atoms with van der Waals surface area (Å²) in [5.74, 6) is 0.371. The van der Waals surface area contributed by atoms with Gasteiger partial charge in [-0.2, -0.15) is 0 Å². The number of hydrogen-bond donors (Lipinski definition) is 2. The summed E-state index contributed by atoms with van der Waals surface area (Å²) in [5.41, 5.74) is 6.08. The molecule has 1 heterocycles. The molecule has 1 aliphatic carbocycles. The molecular weight excluding hydrogens is 372 g/mol. The SMILES string of the molecule is CC[C@H]1CCc2sc(C(=O)NNC(=O)COc3ccccc3Cl)cc2C1. The van der Waals surface area contributed by atoms with E-state index in [-0.39, 0.29) is 12.5 Å². The first-order valence-electron chi connectivity index (χ1n) is 8.65. The maximum atomic E-state index is 12.3. The van der Waals surface area contributed by atoms with Gasteiger partial charge in [-0.1, -0.05) is 37.1 Å². The molecule has 0 spiro atoms. The second-order valence-electron chi connectivity index (χ2n) is 6.30. The van der Waals surface area contributed by atoms with Crippen LogP contribution in [-0.4, -0.2) is 18.4 Å². The molecule has 1 aliphatic rings. The normalized spacial score (nSPS) is 15.8. The van der Waals surface area contributed by atoms with Crippen LogP contribution in [0.2, 0.25) is 5.02 Å². The van der Waals surface area contributed by atoms with Crippen LogP contribution in [0.5, 0.6) is 5.75 Å². The van der Waals surface area contributed by atoms with Crippen molar-refractivity contribution < 1.29 is 14.3 Å². The first-order chi connectivity index (χ1) is 12.6. The van der Waals surface area contributed by atoms with Gasteiger partial charge in [-0.25, -0.2) is 0 Å². The van der Waals surface area contributed by atoms with E-state index in [1.807, 2.05) is 6.07 Å². The number of fused-ring (bicyclic) bond motifs is 1. The van der Waals surface area contributed by atoms with E-state index in [4.69, 9.17) is 16.3 Å². The fourth-order valence-corrected chi connectivity index (χ4v) is 4.28. The van der Waals surface area contributed by atoms with Gasteiger partial charge in [-0.15, -0.1) is 11.3 Å². The molecule has 5 nitrogen and oxygen atoms in total. The number of nitrogens with one attached hydrogen (secondary N) is 2. The lowest BCUT2D eigenvalue weighted by atomic mass is 9.87. The van der Waals surface area contributed by atoms with Crippen molar-refractivity contribution in [3.05, 3.63) is 50.7 Å². The van der Waals surface area contributed by atoms with Crippen LogP contribution in [0.3, 0.4) is 0 Å². The zero-order chi connectivity index (χ0) is 18.5. The third-order valence-electron chi connectivity index (χ3n) is 4.50. The molecule has 1 aromatic heterocycles. The number of para-hydroxylation sites is 1. The van der Waals surface area contributed by atoms with Crippen molar-refractivity contribution in [1.82, 2.24) is 10.9 Å². The number of carbonyl (C=O) groups is 2. The Morgan fingerprint density at radius 2 is 2.12 bits per heavy atom. The van der Waals surface area contributed by atoms with Crippen molar-refractivity contribution in [2.75, 3.05) is 6.61 Å². The van der Waals surface area contributed by atoms with Crippen LogP contribution in [0.1, 0.15) is 39.9 Å². The monoisotopic (exact) mass is 392 g/mol. The molecule has 2 N–H and O–H groups in total. The molecule has 1 atom stereocenters. The zero-order valence-corrected chi connectivity index (χ0v) is 16.1. The van der Waals surface area contributed by atoms with Crippen molar-refractivity contribution in [2.24, 2.45) is 5.92 Å². The molecule has 7 heteroatoms. The van der Waals surface area contributed by atoms with E-state index < -0.39 is 5.91 Å². The molecule has 2 aromatic rings. The van der Waals surface area contributed by atoms with Crippen LogP contribution in [0.25, 0.3) is 0 Å². The summed E-state index contributed by atoms with van der Waals surface area (Å²) < 4.78 is 5.33. The van der Waals surface area contributed by atoms with E-state index in [0.717, 1.165) is 19.3 Å². The molecule has 0 saturated heterocycles. The Balaban J connectivity index is 1.49. The van der Waals surface area contributed by atoms with E-state index in [9.17, 15) is 9.59 Å². The molecule has 0 aliphatic heterocycles. The highest BCUT2D eigenvalue weighted by atomic mass is 35.5. The quantitative estimate of drug-likeness (QED) is 0.761. The van der Waals surface area contributed by atoms with Gasteiger partial charge in [0.05, 0.1) is 9.90 Å². The zero-order valence-electron chi connectivity index (χ0n) is 14.5. The second kappa shape index (κ2) is 8.56. The maximum Gasteiger partial charge on any atom is 0.279 e. The minimum atomic E-state index is -0.453. The molecule has 1 aromatic carbocycles. The van der Waals surface area contributed by atoms with Crippen molar-refractivity contribution in [1.29, 1.82) is 0 Å². The second-order valence-corrected chi connectivity index (χ2v) is 7.84. The lowest BCUT2D eigenvalue weighted by Crippen LogP contribution is -2.43. The molecule has 0 saturated carbocycles. The van der Waals surface area contributed by atoms with Crippen molar-refractivity contribution in [2.45, 2.75) is 32.6 Å². The number of halogens is 1. The van der Waals surface area contributed by atoms with Gasteiger partial charge in [0.25, 0.3) is 11.8 Å². The highest BCUT2D eigenvalue weighted by molar-refractivity contribution is 7.14. The predicted octanol–water partition coefficient (Wildman–Crippen LogP) is 3.76. The number of thiophene rings is 1. The summed E-state index contributed by atoms with van der Waals surface area (Å²) in [6, 6.07) is 8.84. The van der Waals surface area contributed by atoms with E-state index in [1.54, 1.807) is 24.3 Å². The molecule has 0 unspecified atom stereocenters. The van der Waals surface area contributed by atoms with Gasteiger partial charge in [0, 0.05) is 4.88 Å². The van der Waals surface area contributed by atoms with Crippen LogP contribution in [0, 0.1) is 5.92 Å². The third kappa shape index (κ3) is 4.56. The van der Waals surface area contributed by atoms with Crippen molar-refractivity contribution >= 4 is 34.8 Å². The lowest BCUT2D eigenvalue weighted by molar-refractivity contribution is -0.123. The number of aryl methyl sites for hydroxylation is 1. The molecule has 26 heavy (non-hydrogen) atoms. The molecule has 3 rings (SSSR count). The molecular formula is C19H21ClN2O3S. The fourth-order valence-electron chi connectivity index (χ4n) is 2.99. The number of carbonyl (C=O) groups excluding carboxylic acids is 2. The summed E-state index contributed by atoms with van der Waals surface area (Å²) in [7, 11) is 0. The molecule has 138 valence electrons. The van der Waals surface area contributed by atoms with Crippen LogP contribution in [0.4, 0.5) is 0 Å². The summed E-state index contributed by atoms with van der Waals surface area (Å²) in [6.07, 6.45) is 4.41. The number of ether oxygens (including phenoxy) is 1. The Morgan fingerprint density at radius 1 is 1.31 bits per heavy atom. The Labute approximate surface area is 161 Å². The third-order valence-corrected chi connectivity index (χ3v) is 6.05. The predicted molar refractivity (Wildman–Crippen MR) is 103 cm³/mol. The number of benzene rings is 1. The minimum absolute atomic E-state index is 0.233. The van der Waals surface area contributed by atoms with Crippen LogP contribution in [-0.2, 0) is 17.6 Å². The van der Waals surface area contributed by atoms with E-state index in [2.05, 4.69) is 17.8 Å². The first kappa shape index (κ1) is 18.7. The van der Waals surface area contributed by atoms with Crippen LogP contribution in [0.15, 0.2) is 30.3 Å². The van der Waals surface area contributed by atoms with Gasteiger partial charge < -0.3 is 4.74 Å². The first-order valence-corrected chi connectivity index (χ1v) is 9.84. The van der Waals surface area contributed by atoms with Gasteiger partial charge >= 0.3 is 0 Å². The highest BCUT2D eigenvalue weighted by Gasteiger charge is 2.22. The molecule has 0 bridgehead atoms. The smallest absolute Gasteiger partial charge is 0.279 e.